The van der Waals surface area contributed by atoms with Gasteiger partial charge in [-0.2, -0.15) is 5.26 Å². The van der Waals surface area contributed by atoms with E-state index in [9.17, 15) is 14.9 Å². The van der Waals surface area contributed by atoms with Crippen LogP contribution in [-0.2, 0) is 19.7 Å². The lowest BCUT2D eigenvalue weighted by molar-refractivity contribution is -0.158. The zero-order valence-electron chi connectivity index (χ0n) is 16.4. The molecule has 0 saturated heterocycles. The van der Waals surface area contributed by atoms with Gasteiger partial charge >= 0.3 is 5.97 Å². The minimum absolute atomic E-state index is 0.318. The second-order valence-electron chi connectivity index (χ2n) is 8.03. The molecule has 1 aromatic carbocycles. The fourth-order valence-electron chi connectivity index (χ4n) is 4.62. The van der Waals surface area contributed by atoms with Crippen LogP contribution in [0, 0.1) is 11.3 Å². The molecule has 2 aliphatic rings. The van der Waals surface area contributed by atoms with Crippen molar-refractivity contribution in [1.29, 1.82) is 5.26 Å². The first-order valence-electron chi connectivity index (χ1n) is 10.0. The third-order valence-corrected chi connectivity index (χ3v) is 6.73. The number of carbonyl (C=O) groups excluding carboxylic acids is 2. The molecular weight excluding hydrogens is 376 g/mol. The maximum absolute atomic E-state index is 13.0. The third-order valence-electron chi connectivity index (χ3n) is 6.48. The lowest BCUT2D eigenvalue weighted by Gasteiger charge is -2.39. The van der Waals surface area contributed by atoms with Gasteiger partial charge in [-0.05, 0) is 43.4 Å². The summed E-state index contributed by atoms with van der Waals surface area (Å²) in [6.45, 7) is -0.325. The number of carbonyl (C=O) groups is 2. The second-order valence-corrected chi connectivity index (χ2v) is 8.47. The van der Waals surface area contributed by atoms with Gasteiger partial charge in [-0.15, -0.1) is 0 Å². The lowest BCUT2D eigenvalue weighted by Crippen LogP contribution is -2.51. The Morgan fingerprint density at radius 2 is 1.64 bits per heavy atom. The summed E-state index contributed by atoms with van der Waals surface area (Å²) in [5.41, 5.74) is -0.592. The molecule has 0 aromatic heterocycles. The van der Waals surface area contributed by atoms with Gasteiger partial charge in [0, 0.05) is 12.1 Å². The molecule has 3 rings (SSSR count). The molecule has 150 valence electrons. The van der Waals surface area contributed by atoms with Crippen LogP contribution < -0.4 is 0 Å². The van der Waals surface area contributed by atoms with Crippen LogP contribution in [0.1, 0.15) is 63.4 Å². The Morgan fingerprint density at radius 3 is 2.21 bits per heavy atom. The number of hydrogen-bond donors (Lipinski definition) is 0. The first-order chi connectivity index (χ1) is 13.4. The summed E-state index contributed by atoms with van der Waals surface area (Å²) in [5, 5.41) is 10.3. The molecule has 2 saturated carbocycles. The Kier molecular flexibility index (Phi) is 6.30. The standard InChI is InChI=1S/C22H27ClN2O3/c1-25(21(16-24)11-3-2-4-12-21)19(26)15-28-20(27)22(13-5-6-14-22)17-7-9-18(23)10-8-17/h7-10H,2-6,11-15H2,1H3. The number of ether oxygens (including phenoxy) is 1. The molecule has 6 heteroatoms. The van der Waals surface area contributed by atoms with E-state index in [4.69, 9.17) is 16.3 Å². The predicted molar refractivity (Wildman–Crippen MR) is 107 cm³/mol. The summed E-state index contributed by atoms with van der Waals surface area (Å²) in [5.74, 6) is -0.676. The van der Waals surface area contributed by atoms with Gasteiger partial charge in [0.25, 0.3) is 5.91 Å². The van der Waals surface area contributed by atoms with Crippen LogP contribution in [0.5, 0.6) is 0 Å². The molecule has 28 heavy (non-hydrogen) atoms. The summed E-state index contributed by atoms with van der Waals surface area (Å²) in [6.07, 6.45) is 7.62. The molecule has 2 fully saturated rings. The summed E-state index contributed by atoms with van der Waals surface area (Å²) < 4.78 is 5.50. The molecule has 2 aliphatic carbocycles. The van der Waals surface area contributed by atoms with E-state index in [1.54, 1.807) is 19.2 Å². The van der Waals surface area contributed by atoms with Crippen LogP contribution in [0.25, 0.3) is 0 Å². The lowest BCUT2D eigenvalue weighted by atomic mass is 9.79. The molecule has 1 amide bonds. The van der Waals surface area contributed by atoms with Crippen LogP contribution >= 0.6 is 11.6 Å². The number of hydrogen-bond acceptors (Lipinski definition) is 4. The van der Waals surface area contributed by atoms with Gasteiger partial charge in [0.2, 0.25) is 0 Å². The highest BCUT2D eigenvalue weighted by Crippen LogP contribution is 2.42. The molecule has 0 N–H and O–H groups in total. The monoisotopic (exact) mass is 402 g/mol. The van der Waals surface area contributed by atoms with Crippen molar-refractivity contribution in [3.8, 4) is 6.07 Å². The molecule has 0 spiro atoms. The Bertz CT molecular complexity index is 757. The zero-order valence-corrected chi connectivity index (χ0v) is 17.1. The van der Waals surface area contributed by atoms with Crippen molar-refractivity contribution in [3.05, 3.63) is 34.9 Å². The van der Waals surface area contributed by atoms with Crippen molar-refractivity contribution in [2.75, 3.05) is 13.7 Å². The number of likely N-dealkylation sites (N-methyl/N-ethyl adjacent to an activating group) is 1. The molecular formula is C22H27ClN2O3. The molecule has 0 aliphatic heterocycles. The Hall–Kier alpha value is -2.06. The number of halogens is 1. The summed E-state index contributed by atoms with van der Waals surface area (Å²) in [4.78, 5) is 27.2. The molecule has 0 radical (unpaired) electrons. The first kappa shape index (κ1) is 20.7. The summed E-state index contributed by atoms with van der Waals surface area (Å²) >= 11 is 5.99. The van der Waals surface area contributed by atoms with Crippen molar-refractivity contribution in [3.63, 3.8) is 0 Å². The van der Waals surface area contributed by atoms with Crippen LogP contribution in [0.15, 0.2) is 24.3 Å². The number of nitriles is 1. The Labute approximate surface area is 171 Å². The number of benzene rings is 1. The quantitative estimate of drug-likeness (QED) is 0.685. The zero-order chi connectivity index (χ0) is 20.2. The Balaban J connectivity index is 1.68. The van der Waals surface area contributed by atoms with Gasteiger partial charge in [0.1, 0.15) is 5.54 Å². The minimum atomic E-state index is -0.775. The van der Waals surface area contributed by atoms with E-state index in [0.717, 1.165) is 37.7 Å². The Morgan fingerprint density at radius 1 is 1.07 bits per heavy atom. The van der Waals surface area contributed by atoms with E-state index in [-0.39, 0.29) is 18.5 Å². The van der Waals surface area contributed by atoms with Gasteiger partial charge < -0.3 is 9.64 Å². The van der Waals surface area contributed by atoms with Gasteiger partial charge in [-0.3, -0.25) is 9.59 Å². The summed E-state index contributed by atoms with van der Waals surface area (Å²) in [6, 6.07) is 9.63. The van der Waals surface area contributed by atoms with Crippen LogP contribution in [0.3, 0.4) is 0 Å². The highest BCUT2D eigenvalue weighted by Gasteiger charge is 2.45. The number of esters is 1. The fourth-order valence-corrected chi connectivity index (χ4v) is 4.74. The van der Waals surface area contributed by atoms with E-state index in [2.05, 4.69) is 6.07 Å². The highest BCUT2D eigenvalue weighted by atomic mass is 35.5. The molecule has 0 atom stereocenters. The largest absolute Gasteiger partial charge is 0.455 e. The highest BCUT2D eigenvalue weighted by molar-refractivity contribution is 6.30. The molecule has 1 aromatic rings. The van der Waals surface area contributed by atoms with Gasteiger partial charge in [0.15, 0.2) is 6.61 Å². The summed E-state index contributed by atoms with van der Waals surface area (Å²) in [7, 11) is 1.65. The average Bonchev–Trinajstić information content (AvgIpc) is 3.23. The van der Waals surface area contributed by atoms with E-state index >= 15 is 0 Å². The number of nitrogens with zero attached hydrogens (tertiary/aromatic N) is 2. The van der Waals surface area contributed by atoms with Gasteiger partial charge in [0.05, 0.1) is 11.5 Å². The van der Waals surface area contributed by atoms with E-state index in [1.807, 2.05) is 12.1 Å². The van der Waals surface area contributed by atoms with E-state index < -0.39 is 11.0 Å². The fraction of sp³-hybridized carbons (Fsp3) is 0.591. The molecule has 0 bridgehead atoms. The van der Waals surface area contributed by atoms with Crippen molar-refractivity contribution in [2.24, 2.45) is 0 Å². The predicted octanol–water partition coefficient (Wildman–Crippen LogP) is 4.38. The minimum Gasteiger partial charge on any atom is -0.455 e. The SMILES string of the molecule is CN(C(=O)COC(=O)C1(c2ccc(Cl)cc2)CCCC1)C1(C#N)CCCCC1. The van der Waals surface area contributed by atoms with Crippen molar-refractivity contribution < 1.29 is 14.3 Å². The van der Waals surface area contributed by atoms with Crippen LogP contribution in [0.2, 0.25) is 5.02 Å². The topological polar surface area (TPSA) is 70.4 Å². The van der Waals surface area contributed by atoms with Gasteiger partial charge in [-0.1, -0.05) is 55.8 Å². The molecule has 0 heterocycles. The average molecular weight is 403 g/mol. The number of rotatable bonds is 5. The van der Waals surface area contributed by atoms with E-state index in [1.165, 1.54) is 4.90 Å². The normalized spacial score (nSPS) is 20.2. The smallest absolute Gasteiger partial charge is 0.317 e. The van der Waals surface area contributed by atoms with Crippen molar-refractivity contribution in [1.82, 2.24) is 4.90 Å². The third kappa shape index (κ3) is 3.89. The first-order valence-corrected chi connectivity index (χ1v) is 10.4. The van der Waals surface area contributed by atoms with Crippen LogP contribution in [-0.4, -0.2) is 36.0 Å². The van der Waals surface area contributed by atoms with E-state index in [0.29, 0.717) is 30.7 Å². The maximum Gasteiger partial charge on any atom is 0.317 e. The van der Waals surface area contributed by atoms with Crippen molar-refractivity contribution >= 4 is 23.5 Å². The van der Waals surface area contributed by atoms with Crippen molar-refractivity contribution in [2.45, 2.75) is 68.7 Å². The molecule has 0 unspecified atom stereocenters. The maximum atomic E-state index is 13.0. The van der Waals surface area contributed by atoms with Gasteiger partial charge in [-0.25, -0.2) is 0 Å². The number of amides is 1. The van der Waals surface area contributed by atoms with Crippen LogP contribution in [0.4, 0.5) is 0 Å². The second kappa shape index (κ2) is 8.53. The molecule has 5 nitrogen and oxygen atoms in total.